The smallest absolute Gasteiger partial charge is 0.408 e. The Morgan fingerprint density at radius 3 is 2.59 bits per heavy atom. The number of alkyl carbamates (subject to hydrolysis) is 1. The molecule has 0 aromatic rings. The van der Waals surface area contributed by atoms with E-state index in [1.807, 2.05) is 6.92 Å². The lowest BCUT2D eigenvalue weighted by atomic mass is 9.97. The van der Waals surface area contributed by atoms with Gasteiger partial charge in [0.25, 0.3) is 0 Å². The first kappa shape index (κ1) is 13.5. The molecule has 2 amide bonds. The van der Waals surface area contributed by atoms with Gasteiger partial charge in [0.15, 0.2) is 0 Å². The van der Waals surface area contributed by atoms with Crippen LogP contribution >= 0.6 is 0 Å². The third-order valence-corrected chi connectivity index (χ3v) is 2.52. The minimum atomic E-state index is -0.555. The van der Waals surface area contributed by atoms with Crippen LogP contribution in [0.25, 0.3) is 0 Å². The van der Waals surface area contributed by atoms with E-state index < -0.39 is 17.7 Å². The standard InChI is InChI=1S/C12H20N2O3/c1-6-7-14-8(2)9(10(14)15)13-11(16)17-12(3,4)5/h6,8-9H,1,7H2,2-5H3,(H,13,16)/t8-,9-/m0/s1. The van der Waals surface area contributed by atoms with Crippen LogP contribution in [0.3, 0.4) is 0 Å². The van der Waals surface area contributed by atoms with Crippen LogP contribution in [0, 0.1) is 0 Å². The third kappa shape index (κ3) is 3.22. The number of hydrogen-bond donors (Lipinski definition) is 1. The molecule has 0 aromatic heterocycles. The predicted molar refractivity (Wildman–Crippen MR) is 64.5 cm³/mol. The maximum Gasteiger partial charge on any atom is 0.408 e. The van der Waals surface area contributed by atoms with Crippen LogP contribution < -0.4 is 5.32 Å². The summed E-state index contributed by atoms with van der Waals surface area (Å²) < 4.78 is 5.10. The van der Waals surface area contributed by atoms with Gasteiger partial charge in [0.1, 0.15) is 11.6 Å². The van der Waals surface area contributed by atoms with Crippen LogP contribution in [-0.2, 0) is 9.53 Å². The van der Waals surface area contributed by atoms with E-state index in [9.17, 15) is 9.59 Å². The Morgan fingerprint density at radius 1 is 1.59 bits per heavy atom. The molecule has 0 bridgehead atoms. The number of rotatable bonds is 3. The van der Waals surface area contributed by atoms with E-state index in [0.29, 0.717) is 6.54 Å². The molecule has 1 rings (SSSR count). The normalized spacial score (nSPS) is 24.0. The second-order valence-electron chi connectivity index (χ2n) is 5.14. The number of amides is 2. The number of nitrogens with zero attached hydrogens (tertiary/aromatic N) is 1. The lowest BCUT2D eigenvalue weighted by Crippen LogP contribution is -2.69. The molecule has 5 heteroatoms. The van der Waals surface area contributed by atoms with Gasteiger partial charge in [-0.15, -0.1) is 6.58 Å². The molecule has 0 spiro atoms. The molecule has 1 saturated heterocycles. The first-order valence-corrected chi connectivity index (χ1v) is 5.67. The molecule has 0 saturated carbocycles. The highest BCUT2D eigenvalue weighted by Gasteiger charge is 2.44. The maximum atomic E-state index is 11.7. The Kier molecular flexibility index (Phi) is 3.80. The van der Waals surface area contributed by atoms with Crippen molar-refractivity contribution < 1.29 is 14.3 Å². The van der Waals surface area contributed by atoms with Gasteiger partial charge in [0.2, 0.25) is 5.91 Å². The molecule has 0 aliphatic carbocycles. The number of hydrogen-bond acceptors (Lipinski definition) is 3. The third-order valence-electron chi connectivity index (χ3n) is 2.52. The molecule has 1 heterocycles. The molecule has 1 fully saturated rings. The van der Waals surface area contributed by atoms with Gasteiger partial charge in [-0.3, -0.25) is 4.79 Å². The van der Waals surface area contributed by atoms with Crippen molar-refractivity contribution in [2.45, 2.75) is 45.4 Å². The minimum absolute atomic E-state index is 0.0204. The van der Waals surface area contributed by atoms with E-state index in [0.717, 1.165) is 0 Å². The number of ether oxygens (including phenoxy) is 1. The SMILES string of the molecule is C=CCN1C(=O)[C@@H](NC(=O)OC(C)(C)C)[C@@H]1C. The van der Waals surface area contributed by atoms with Crippen LogP contribution in [0.2, 0.25) is 0 Å². The van der Waals surface area contributed by atoms with Crippen molar-refractivity contribution in [3.8, 4) is 0 Å². The number of carbonyl (C=O) groups excluding carboxylic acids is 2. The van der Waals surface area contributed by atoms with Crippen molar-refractivity contribution in [1.29, 1.82) is 0 Å². The molecule has 1 aliphatic rings. The Balaban J connectivity index is 2.47. The van der Waals surface area contributed by atoms with Crippen LogP contribution in [0.15, 0.2) is 12.7 Å². The first-order valence-electron chi connectivity index (χ1n) is 5.67. The summed E-state index contributed by atoms with van der Waals surface area (Å²) in [5.41, 5.74) is -0.555. The summed E-state index contributed by atoms with van der Waals surface area (Å²) >= 11 is 0. The topological polar surface area (TPSA) is 58.6 Å². The van der Waals surface area contributed by atoms with E-state index in [1.165, 1.54) is 0 Å². The zero-order valence-corrected chi connectivity index (χ0v) is 10.8. The van der Waals surface area contributed by atoms with Crippen LogP contribution in [0.1, 0.15) is 27.7 Å². The second-order valence-corrected chi connectivity index (χ2v) is 5.14. The maximum absolute atomic E-state index is 11.7. The molecule has 0 aromatic carbocycles. The summed E-state index contributed by atoms with van der Waals surface area (Å²) in [5.74, 6) is -0.0942. The van der Waals surface area contributed by atoms with Crippen molar-refractivity contribution >= 4 is 12.0 Å². The quantitative estimate of drug-likeness (QED) is 0.597. The zero-order chi connectivity index (χ0) is 13.2. The fourth-order valence-corrected chi connectivity index (χ4v) is 1.70. The van der Waals surface area contributed by atoms with Gasteiger partial charge in [0, 0.05) is 6.54 Å². The zero-order valence-electron chi connectivity index (χ0n) is 10.8. The highest BCUT2D eigenvalue weighted by Crippen LogP contribution is 2.19. The van der Waals surface area contributed by atoms with Gasteiger partial charge in [0.05, 0.1) is 6.04 Å². The molecule has 0 radical (unpaired) electrons. The number of likely N-dealkylation sites (tertiary alicyclic amines) is 1. The largest absolute Gasteiger partial charge is 0.444 e. The monoisotopic (exact) mass is 240 g/mol. The lowest BCUT2D eigenvalue weighted by Gasteiger charge is -2.44. The van der Waals surface area contributed by atoms with Gasteiger partial charge in [-0.05, 0) is 27.7 Å². The van der Waals surface area contributed by atoms with E-state index in [-0.39, 0.29) is 11.9 Å². The van der Waals surface area contributed by atoms with Gasteiger partial charge >= 0.3 is 6.09 Å². The van der Waals surface area contributed by atoms with Gasteiger partial charge in [-0.1, -0.05) is 6.08 Å². The molecule has 2 atom stereocenters. The fourth-order valence-electron chi connectivity index (χ4n) is 1.70. The summed E-state index contributed by atoms with van der Waals surface area (Å²) in [7, 11) is 0. The van der Waals surface area contributed by atoms with Crippen LogP contribution in [-0.4, -0.2) is 41.1 Å². The Hall–Kier alpha value is -1.52. The van der Waals surface area contributed by atoms with Crippen LogP contribution in [0.4, 0.5) is 4.79 Å². The van der Waals surface area contributed by atoms with Crippen LogP contribution in [0.5, 0.6) is 0 Å². The number of nitrogens with one attached hydrogen (secondary N) is 1. The van der Waals surface area contributed by atoms with Gasteiger partial charge in [-0.25, -0.2) is 4.79 Å². The molecule has 1 aliphatic heterocycles. The van der Waals surface area contributed by atoms with Crippen molar-refractivity contribution in [2.24, 2.45) is 0 Å². The van der Waals surface area contributed by atoms with E-state index >= 15 is 0 Å². The molecule has 17 heavy (non-hydrogen) atoms. The minimum Gasteiger partial charge on any atom is -0.444 e. The van der Waals surface area contributed by atoms with Crippen molar-refractivity contribution in [3.05, 3.63) is 12.7 Å². The average Bonchev–Trinajstić information content (AvgIpc) is 2.19. The summed E-state index contributed by atoms with van der Waals surface area (Å²) in [6.45, 7) is 11.3. The first-order chi connectivity index (χ1) is 7.76. The molecule has 1 N–H and O–H groups in total. The van der Waals surface area contributed by atoms with Crippen molar-refractivity contribution in [1.82, 2.24) is 10.2 Å². The summed E-state index contributed by atoms with van der Waals surface area (Å²) in [4.78, 5) is 24.8. The molecule has 5 nitrogen and oxygen atoms in total. The average molecular weight is 240 g/mol. The fraction of sp³-hybridized carbons (Fsp3) is 0.667. The molecule has 96 valence electrons. The van der Waals surface area contributed by atoms with Crippen molar-refractivity contribution in [2.75, 3.05) is 6.54 Å². The number of β-lactam (4-membered cyclic amide) rings is 1. The predicted octanol–water partition coefficient (Wildman–Crippen LogP) is 1.30. The summed E-state index contributed by atoms with van der Waals surface area (Å²) in [5, 5.41) is 2.57. The molecule has 0 unspecified atom stereocenters. The summed E-state index contributed by atoms with van der Waals surface area (Å²) in [6, 6.07) is -0.502. The second kappa shape index (κ2) is 4.77. The van der Waals surface area contributed by atoms with Crippen molar-refractivity contribution in [3.63, 3.8) is 0 Å². The summed E-state index contributed by atoms with van der Waals surface area (Å²) in [6.07, 6.45) is 1.11. The van der Waals surface area contributed by atoms with E-state index in [2.05, 4.69) is 11.9 Å². The Labute approximate surface area is 102 Å². The van der Waals surface area contributed by atoms with E-state index in [4.69, 9.17) is 4.74 Å². The lowest BCUT2D eigenvalue weighted by molar-refractivity contribution is -0.148. The highest BCUT2D eigenvalue weighted by molar-refractivity contribution is 5.92. The number of carbonyl (C=O) groups is 2. The Bertz CT molecular complexity index is 333. The van der Waals surface area contributed by atoms with E-state index in [1.54, 1.807) is 31.7 Å². The Morgan fingerprint density at radius 2 is 2.18 bits per heavy atom. The van der Waals surface area contributed by atoms with Gasteiger partial charge < -0.3 is 15.0 Å². The molecular weight excluding hydrogens is 220 g/mol. The molecular formula is C12H20N2O3. The highest BCUT2D eigenvalue weighted by atomic mass is 16.6. The van der Waals surface area contributed by atoms with Gasteiger partial charge in [-0.2, -0.15) is 0 Å².